The van der Waals surface area contributed by atoms with Gasteiger partial charge in [-0.3, -0.25) is 8.19 Å². The molecular weight excluding hydrogens is 194 g/mol. The first-order chi connectivity index (χ1) is 3.30. The fourth-order valence-electron chi connectivity index (χ4n) is 0.459. The molecular formula is C6H8PZr-. The van der Waals surface area contributed by atoms with E-state index in [9.17, 15) is 0 Å². The molecule has 0 nitrogen and oxygen atoms in total. The number of rotatable bonds is 0. The Morgan fingerprint density at radius 2 is 2.12 bits per heavy atom. The third-order valence-electron chi connectivity index (χ3n) is 1.14. The molecule has 1 rings (SSSR count). The van der Waals surface area contributed by atoms with Crippen LogP contribution in [0.5, 0.6) is 0 Å². The topological polar surface area (TPSA) is 0 Å². The van der Waals surface area contributed by atoms with E-state index in [1.54, 1.807) is 0 Å². The summed E-state index contributed by atoms with van der Waals surface area (Å²) in [6, 6.07) is 0. The Hall–Kier alpha value is 0.663. The van der Waals surface area contributed by atoms with Gasteiger partial charge in [0, 0.05) is 26.2 Å². The Balaban J connectivity index is 0.000000490. The van der Waals surface area contributed by atoms with E-state index in [1.165, 1.54) is 11.1 Å². The van der Waals surface area contributed by atoms with Gasteiger partial charge in [-0.05, 0) is 0 Å². The van der Waals surface area contributed by atoms with Gasteiger partial charge in [0.1, 0.15) is 0 Å². The van der Waals surface area contributed by atoms with Crippen molar-refractivity contribution in [1.82, 2.24) is 0 Å². The molecule has 0 aliphatic rings. The first kappa shape index (κ1) is 8.66. The Bertz CT molecular complexity index is 141. The summed E-state index contributed by atoms with van der Waals surface area (Å²) in [6.45, 7) is 4.23. The van der Waals surface area contributed by atoms with Crippen LogP contribution in [0.2, 0.25) is 0 Å². The molecule has 0 spiro atoms. The summed E-state index contributed by atoms with van der Waals surface area (Å²) in [7, 11) is 0.820. The molecule has 1 aromatic heterocycles. The van der Waals surface area contributed by atoms with E-state index in [0.29, 0.717) is 0 Å². The first-order valence-electron chi connectivity index (χ1n) is 2.33. The summed E-state index contributed by atoms with van der Waals surface area (Å²) in [4.78, 5) is 0. The van der Waals surface area contributed by atoms with Gasteiger partial charge in [-0.25, -0.2) is 0 Å². The van der Waals surface area contributed by atoms with Gasteiger partial charge in [-0.1, -0.05) is 13.8 Å². The third kappa shape index (κ3) is 1.88. The molecule has 8 heavy (non-hydrogen) atoms. The molecule has 1 heterocycles. The van der Waals surface area contributed by atoms with Crippen molar-refractivity contribution in [3.8, 4) is 0 Å². The van der Waals surface area contributed by atoms with E-state index >= 15 is 0 Å². The summed E-state index contributed by atoms with van der Waals surface area (Å²) in [5, 5.41) is 0. The predicted molar refractivity (Wildman–Crippen MR) is 34.3 cm³/mol. The van der Waals surface area contributed by atoms with Gasteiger partial charge >= 0.3 is 0 Å². The van der Waals surface area contributed by atoms with E-state index < -0.39 is 0 Å². The van der Waals surface area contributed by atoms with E-state index in [0.717, 1.165) is 8.19 Å². The van der Waals surface area contributed by atoms with Crippen molar-refractivity contribution in [3.05, 3.63) is 22.7 Å². The Labute approximate surface area is 70.9 Å². The van der Waals surface area contributed by atoms with Crippen LogP contribution in [0.25, 0.3) is 0 Å². The van der Waals surface area contributed by atoms with Crippen LogP contribution in [0.15, 0.2) is 5.80 Å². The molecule has 2 heteroatoms. The van der Waals surface area contributed by atoms with Crippen LogP contribution in [0.3, 0.4) is 0 Å². The van der Waals surface area contributed by atoms with E-state index in [-0.39, 0.29) is 26.2 Å². The first-order valence-corrected chi connectivity index (χ1v) is 3.40. The SMILES string of the molecule is Cc1[c-][pH]cc1C.[Zr]. The molecule has 0 radical (unpaired) electrons. The summed E-state index contributed by atoms with van der Waals surface area (Å²) >= 11 is 0. The molecule has 0 fully saturated rings. The van der Waals surface area contributed by atoms with Gasteiger partial charge in [0.15, 0.2) is 0 Å². The summed E-state index contributed by atoms with van der Waals surface area (Å²) < 4.78 is 0. The quantitative estimate of drug-likeness (QED) is 0.565. The average molecular weight is 202 g/mol. The van der Waals surface area contributed by atoms with Gasteiger partial charge in [0.05, 0.1) is 0 Å². The monoisotopic (exact) mass is 201 g/mol. The maximum Gasteiger partial charge on any atom is 0 e. The van der Waals surface area contributed by atoms with Crippen LogP contribution < -0.4 is 0 Å². The Morgan fingerprint density at radius 3 is 2.25 bits per heavy atom. The molecule has 0 bridgehead atoms. The van der Waals surface area contributed by atoms with Crippen molar-refractivity contribution in [2.24, 2.45) is 0 Å². The summed E-state index contributed by atoms with van der Waals surface area (Å²) in [5.74, 6) is 5.44. The molecule has 1 aromatic rings. The number of hydrogen-bond donors (Lipinski definition) is 0. The van der Waals surface area contributed by atoms with Crippen LogP contribution in [-0.4, -0.2) is 0 Å². The van der Waals surface area contributed by atoms with Crippen LogP contribution in [0.4, 0.5) is 0 Å². The molecule has 1 atom stereocenters. The molecule has 0 aliphatic heterocycles. The van der Waals surface area contributed by atoms with Crippen molar-refractivity contribution in [1.29, 1.82) is 0 Å². The van der Waals surface area contributed by atoms with Crippen LogP contribution in [-0.2, 0) is 26.2 Å². The van der Waals surface area contributed by atoms with Crippen LogP contribution in [0, 0.1) is 19.6 Å². The second-order valence-electron chi connectivity index (χ2n) is 1.72. The van der Waals surface area contributed by atoms with E-state index in [1.807, 2.05) is 0 Å². The zero-order valence-corrected chi connectivity index (χ0v) is 8.54. The van der Waals surface area contributed by atoms with Gasteiger partial charge in [-0.15, -0.1) is 0 Å². The fourth-order valence-corrected chi connectivity index (χ4v) is 1.38. The van der Waals surface area contributed by atoms with Crippen LogP contribution >= 0.6 is 8.19 Å². The van der Waals surface area contributed by atoms with Crippen molar-refractivity contribution in [2.45, 2.75) is 13.8 Å². The Kier molecular flexibility index (Phi) is 3.95. The molecule has 1 unspecified atom stereocenters. The van der Waals surface area contributed by atoms with Gasteiger partial charge < -0.3 is 0 Å². The molecule has 0 aliphatic carbocycles. The molecule has 0 saturated heterocycles. The number of hydrogen-bond acceptors (Lipinski definition) is 0. The molecule has 0 saturated carbocycles. The minimum atomic E-state index is 0. The second-order valence-corrected chi connectivity index (χ2v) is 2.55. The zero-order chi connectivity index (χ0) is 5.28. The van der Waals surface area contributed by atoms with Crippen molar-refractivity contribution < 1.29 is 26.2 Å². The van der Waals surface area contributed by atoms with Crippen molar-refractivity contribution in [2.75, 3.05) is 0 Å². The molecule has 42 valence electrons. The minimum absolute atomic E-state index is 0. The summed E-state index contributed by atoms with van der Waals surface area (Å²) in [5.41, 5.74) is 2.73. The van der Waals surface area contributed by atoms with E-state index in [2.05, 4.69) is 25.4 Å². The third-order valence-corrected chi connectivity index (χ3v) is 2.24. The average Bonchev–Trinajstić information content (AvgIpc) is 1.91. The van der Waals surface area contributed by atoms with Gasteiger partial charge in [-0.2, -0.15) is 22.7 Å². The molecule has 0 aromatic carbocycles. The maximum absolute atomic E-state index is 3.22. The zero-order valence-electron chi connectivity index (χ0n) is 5.08. The normalized spacial score (nSPS) is 9.25. The minimum Gasteiger partial charge on any atom is -0.271 e. The second kappa shape index (κ2) is 3.64. The van der Waals surface area contributed by atoms with Crippen molar-refractivity contribution in [3.63, 3.8) is 0 Å². The van der Waals surface area contributed by atoms with Crippen LogP contribution in [0.1, 0.15) is 11.1 Å². The maximum atomic E-state index is 3.22. The molecule has 0 N–H and O–H groups in total. The predicted octanol–water partition coefficient (Wildman–Crippen LogP) is 2.13. The standard InChI is InChI=1S/C6H8P.Zr/c1-5-3-7-4-6(5)2;/h3,7H,1-2H3;/q-1;. The summed E-state index contributed by atoms with van der Waals surface area (Å²) in [6.07, 6.45) is 0. The van der Waals surface area contributed by atoms with E-state index in [4.69, 9.17) is 0 Å². The van der Waals surface area contributed by atoms with Gasteiger partial charge in [0.2, 0.25) is 0 Å². The van der Waals surface area contributed by atoms with Crippen molar-refractivity contribution >= 4 is 8.19 Å². The largest absolute Gasteiger partial charge is 0.271 e. The Morgan fingerprint density at radius 1 is 1.50 bits per heavy atom. The molecule has 0 amide bonds. The van der Waals surface area contributed by atoms with Gasteiger partial charge in [0.25, 0.3) is 0 Å². The fraction of sp³-hybridized carbons (Fsp3) is 0.333. The number of aryl methyl sites for hydroxylation is 2. The smallest absolute Gasteiger partial charge is 0 e.